The number of ether oxygens (including phenoxy) is 1. The lowest BCUT2D eigenvalue weighted by molar-refractivity contribution is 0.260. The molecule has 3 aromatic rings. The molecule has 0 aliphatic rings. The molecule has 0 fully saturated rings. The molecule has 0 spiro atoms. The SMILES string of the molecule is Cc1nnc(COc2ccc(-c3c[nH]cn3)cc2)o1. The van der Waals surface area contributed by atoms with E-state index >= 15 is 0 Å². The molecule has 0 bridgehead atoms. The van der Waals surface area contributed by atoms with E-state index in [1.807, 2.05) is 30.5 Å². The fourth-order valence-corrected chi connectivity index (χ4v) is 1.68. The van der Waals surface area contributed by atoms with Crippen LogP contribution in [0.2, 0.25) is 0 Å². The standard InChI is InChI=1S/C13H12N4O2/c1-9-16-17-13(19-9)7-18-11-4-2-10(3-5-11)12-6-14-8-15-12/h2-6,8H,7H2,1H3,(H,14,15). The number of aromatic amines is 1. The zero-order valence-corrected chi connectivity index (χ0v) is 10.3. The highest BCUT2D eigenvalue weighted by atomic mass is 16.5. The molecular weight excluding hydrogens is 244 g/mol. The van der Waals surface area contributed by atoms with Crippen molar-refractivity contribution < 1.29 is 9.15 Å². The van der Waals surface area contributed by atoms with Gasteiger partial charge in [0.15, 0.2) is 6.61 Å². The summed E-state index contributed by atoms with van der Waals surface area (Å²) in [4.78, 5) is 7.10. The second kappa shape index (κ2) is 4.93. The van der Waals surface area contributed by atoms with Crippen molar-refractivity contribution in [3.63, 3.8) is 0 Å². The topological polar surface area (TPSA) is 76.8 Å². The molecule has 19 heavy (non-hydrogen) atoms. The molecule has 0 aliphatic carbocycles. The van der Waals surface area contributed by atoms with E-state index in [0.717, 1.165) is 17.0 Å². The highest BCUT2D eigenvalue weighted by molar-refractivity contribution is 5.58. The van der Waals surface area contributed by atoms with E-state index < -0.39 is 0 Å². The summed E-state index contributed by atoms with van der Waals surface area (Å²) < 4.78 is 10.8. The van der Waals surface area contributed by atoms with E-state index in [9.17, 15) is 0 Å². The van der Waals surface area contributed by atoms with Crippen molar-refractivity contribution in [2.24, 2.45) is 0 Å². The van der Waals surface area contributed by atoms with Gasteiger partial charge in [-0.15, -0.1) is 10.2 Å². The molecule has 0 saturated carbocycles. The Morgan fingerprint density at radius 2 is 2.05 bits per heavy atom. The maximum atomic E-state index is 5.55. The van der Waals surface area contributed by atoms with Gasteiger partial charge in [0.2, 0.25) is 5.89 Å². The van der Waals surface area contributed by atoms with Crippen LogP contribution in [0.4, 0.5) is 0 Å². The Morgan fingerprint density at radius 3 is 2.68 bits per heavy atom. The number of imidazole rings is 1. The first-order valence-electron chi connectivity index (χ1n) is 5.82. The van der Waals surface area contributed by atoms with Gasteiger partial charge < -0.3 is 14.1 Å². The normalized spacial score (nSPS) is 10.6. The lowest BCUT2D eigenvalue weighted by atomic mass is 10.2. The highest BCUT2D eigenvalue weighted by Gasteiger charge is 2.04. The van der Waals surface area contributed by atoms with Crippen molar-refractivity contribution in [3.8, 4) is 17.0 Å². The van der Waals surface area contributed by atoms with Crippen molar-refractivity contribution >= 4 is 0 Å². The van der Waals surface area contributed by atoms with Crippen LogP contribution in [0.3, 0.4) is 0 Å². The summed E-state index contributed by atoms with van der Waals surface area (Å²) in [6.45, 7) is 2.01. The highest BCUT2D eigenvalue weighted by Crippen LogP contribution is 2.20. The Labute approximate surface area is 109 Å². The zero-order chi connectivity index (χ0) is 13.1. The van der Waals surface area contributed by atoms with Crippen molar-refractivity contribution in [3.05, 3.63) is 48.6 Å². The van der Waals surface area contributed by atoms with E-state index in [-0.39, 0.29) is 6.61 Å². The first-order valence-corrected chi connectivity index (χ1v) is 5.82. The molecule has 96 valence electrons. The van der Waals surface area contributed by atoms with Crippen LogP contribution >= 0.6 is 0 Å². The van der Waals surface area contributed by atoms with Crippen molar-refractivity contribution in [2.45, 2.75) is 13.5 Å². The summed E-state index contributed by atoms with van der Waals surface area (Å²) in [5, 5.41) is 7.60. The van der Waals surface area contributed by atoms with Gasteiger partial charge in [0.05, 0.1) is 12.0 Å². The van der Waals surface area contributed by atoms with Crippen molar-refractivity contribution in [2.75, 3.05) is 0 Å². The van der Waals surface area contributed by atoms with Gasteiger partial charge in [0, 0.05) is 18.7 Å². The molecule has 0 saturated heterocycles. The predicted octanol–water partition coefficient (Wildman–Crippen LogP) is 2.35. The molecular formula is C13H12N4O2. The number of rotatable bonds is 4. The summed E-state index contributed by atoms with van der Waals surface area (Å²) in [5.41, 5.74) is 1.93. The quantitative estimate of drug-likeness (QED) is 0.775. The Kier molecular flexibility index (Phi) is 2.97. The van der Waals surface area contributed by atoms with Gasteiger partial charge in [-0.3, -0.25) is 0 Å². The second-order valence-corrected chi connectivity index (χ2v) is 3.98. The average Bonchev–Trinajstić information content (AvgIpc) is 3.08. The third-order valence-electron chi connectivity index (χ3n) is 2.58. The Hall–Kier alpha value is -2.63. The van der Waals surface area contributed by atoms with Gasteiger partial charge in [-0.05, 0) is 24.3 Å². The van der Waals surface area contributed by atoms with Crippen LogP contribution in [-0.4, -0.2) is 20.2 Å². The minimum absolute atomic E-state index is 0.266. The van der Waals surface area contributed by atoms with Gasteiger partial charge in [-0.2, -0.15) is 0 Å². The molecule has 1 N–H and O–H groups in total. The number of aromatic nitrogens is 4. The van der Waals surface area contributed by atoms with Crippen LogP contribution in [0.1, 0.15) is 11.8 Å². The summed E-state index contributed by atoms with van der Waals surface area (Å²) >= 11 is 0. The monoisotopic (exact) mass is 256 g/mol. The fourth-order valence-electron chi connectivity index (χ4n) is 1.68. The average molecular weight is 256 g/mol. The van der Waals surface area contributed by atoms with Gasteiger partial charge >= 0.3 is 0 Å². The molecule has 0 aliphatic heterocycles. The third kappa shape index (κ3) is 2.62. The van der Waals surface area contributed by atoms with Crippen LogP contribution in [0.5, 0.6) is 5.75 Å². The third-order valence-corrected chi connectivity index (χ3v) is 2.58. The molecule has 6 heteroatoms. The van der Waals surface area contributed by atoms with E-state index in [0.29, 0.717) is 11.8 Å². The number of nitrogens with one attached hydrogen (secondary N) is 1. The number of H-pyrrole nitrogens is 1. The molecule has 3 rings (SSSR count). The Morgan fingerprint density at radius 1 is 1.21 bits per heavy atom. The zero-order valence-electron chi connectivity index (χ0n) is 10.3. The smallest absolute Gasteiger partial charge is 0.253 e. The van der Waals surface area contributed by atoms with Crippen LogP contribution in [0.15, 0.2) is 41.2 Å². The largest absolute Gasteiger partial charge is 0.484 e. The van der Waals surface area contributed by atoms with Gasteiger partial charge in [0.25, 0.3) is 5.89 Å². The molecule has 2 aromatic heterocycles. The van der Waals surface area contributed by atoms with Crippen LogP contribution in [0.25, 0.3) is 11.3 Å². The van der Waals surface area contributed by atoms with Gasteiger partial charge in [-0.25, -0.2) is 4.98 Å². The first kappa shape index (κ1) is 11.5. The minimum Gasteiger partial charge on any atom is -0.484 e. The van der Waals surface area contributed by atoms with Crippen molar-refractivity contribution in [1.82, 2.24) is 20.2 Å². The number of benzene rings is 1. The van der Waals surface area contributed by atoms with E-state index in [1.54, 1.807) is 13.3 Å². The molecule has 1 aromatic carbocycles. The molecule has 0 radical (unpaired) electrons. The van der Waals surface area contributed by atoms with Crippen LogP contribution in [0, 0.1) is 6.92 Å². The lowest BCUT2D eigenvalue weighted by Gasteiger charge is -2.03. The minimum atomic E-state index is 0.266. The molecule has 2 heterocycles. The fraction of sp³-hybridized carbons (Fsp3) is 0.154. The summed E-state index contributed by atoms with van der Waals surface area (Å²) in [5.74, 6) is 1.75. The number of hydrogen-bond acceptors (Lipinski definition) is 5. The van der Waals surface area contributed by atoms with Gasteiger partial charge in [0.1, 0.15) is 5.75 Å². The number of nitrogens with zero attached hydrogens (tertiary/aromatic N) is 3. The first-order chi connectivity index (χ1) is 9.31. The number of aryl methyl sites for hydroxylation is 1. The summed E-state index contributed by atoms with van der Waals surface area (Å²) in [6.07, 6.45) is 3.49. The molecule has 0 atom stereocenters. The van der Waals surface area contributed by atoms with Gasteiger partial charge in [-0.1, -0.05) is 0 Å². The van der Waals surface area contributed by atoms with Crippen LogP contribution in [-0.2, 0) is 6.61 Å². The molecule has 6 nitrogen and oxygen atoms in total. The molecule has 0 amide bonds. The number of hydrogen-bond donors (Lipinski definition) is 1. The van der Waals surface area contributed by atoms with E-state index in [4.69, 9.17) is 9.15 Å². The lowest BCUT2D eigenvalue weighted by Crippen LogP contribution is -1.95. The Bertz CT molecular complexity index is 644. The predicted molar refractivity (Wildman–Crippen MR) is 67.4 cm³/mol. The molecule has 0 unspecified atom stereocenters. The van der Waals surface area contributed by atoms with E-state index in [2.05, 4.69) is 20.2 Å². The maximum Gasteiger partial charge on any atom is 0.253 e. The van der Waals surface area contributed by atoms with Crippen molar-refractivity contribution in [1.29, 1.82) is 0 Å². The second-order valence-electron chi connectivity index (χ2n) is 3.98. The van der Waals surface area contributed by atoms with Crippen LogP contribution < -0.4 is 4.74 Å². The van der Waals surface area contributed by atoms with E-state index in [1.165, 1.54) is 0 Å². The summed E-state index contributed by atoms with van der Waals surface area (Å²) in [6, 6.07) is 7.66. The summed E-state index contributed by atoms with van der Waals surface area (Å²) in [7, 11) is 0. The maximum absolute atomic E-state index is 5.55. The Balaban J connectivity index is 1.66.